The van der Waals surface area contributed by atoms with Gasteiger partial charge in [0.25, 0.3) is 5.78 Å². The molecule has 4 nitrogen and oxygen atoms in total. The third-order valence-electron chi connectivity index (χ3n) is 3.52. The average molecular weight is 391 g/mol. The molecule has 0 saturated heterocycles. The molecule has 0 atom stereocenters. The molecule has 4 aromatic rings. The Morgan fingerprint density at radius 3 is 2.56 bits per heavy atom. The number of rotatable bonds is 3. The molecule has 0 bridgehead atoms. The van der Waals surface area contributed by atoms with Crippen LogP contribution in [0.3, 0.4) is 0 Å². The summed E-state index contributed by atoms with van der Waals surface area (Å²) in [6.07, 6.45) is 2.97. The Morgan fingerprint density at radius 2 is 1.80 bits per heavy atom. The van der Waals surface area contributed by atoms with Crippen molar-refractivity contribution in [1.29, 1.82) is 0 Å². The summed E-state index contributed by atoms with van der Waals surface area (Å²) in [4.78, 5) is 9.26. The molecule has 8 heteroatoms. The third kappa shape index (κ3) is 3.08. The molecule has 0 aliphatic carbocycles. The molecule has 0 spiro atoms. The normalized spacial score (nSPS) is 11.2. The van der Waals surface area contributed by atoms with Crippen LogP contribution in [-0.2, 0) is 0 Å². The maximum Gasteiger partial charge on any atom is 0.253 e. The molecule has 4 rings (SSSR count). The van der Waals surface area contributed by atoms with E-state index in [-0.39, 0.29) is 5.56 Å². The van der Waals surface area contributed by atoms with Crippen LogP contribution in [0, 0.1) is 5.82 Å². The Labute approximate surface area is 156 Å². The van der Waals surface area contributed by atoms with Crippen molar-refractivity contribution in [3.8, 4) is 11.1 Å². The van der Waals surface area contributed by atoms with Crippen LogP contribution in [0.5, 0.6) is 0 Å². The molecule has 2 aromatic heterocycles. The first-order valence-electron chi connectivity index (χ1n) is 7.20. The Kier molecular flexibility index (Phi) is 4.33. The van der Waals surface area contributed by atoms with E-state index in [1.807, 2.05) is 12.1 Å². The van der Waals surface area contributed by atoms with E-state index in [4.69, 9.17) is 23.2 Å². The quantitative estimate of drug-likeness (QED) is 0.440. The van der Waals surface area contributed by atoms with Gasteiger partial charge in [-0.1, -0.05) is 41.0 Å². The van der Waals surface area contributed by atoms with Crippen molar-refractivity contribution in [2.24, 2.45) is 0 Å². The van der Waals surface area contributed by atoms with E-state index in [0.717, 1.165) is 4.90 Å². The van der Waals surface area contributed by atoms with Crippen LogP contribution in [-0.4, -0.2) is 19.6 Å². The summed E-state index contributed by atoms with van der Waals surface area (Å²) in [6.45, 7) is 0. The molecule has 0 saturated carbocycles. The van der Waals surface area contributed by atoms with Crippen LogP contribution in [0.1, 0.15) is 0 Å². The number of nitrogens with zero attached hydrogens (tertiary/aromatic N) is 4. The van der Waals surface area contributed by atoms with Crippen molar-refractivity contribution in [1.82, 2.24) is 19.6 Å². The highest BCUT2D eigenvalue weighted by atomic mass is 35.5. The van der Waals surface area contributed by atoms with Gasteiger partial charge in [-0.2, -0.15) is 14.6 Å². The maximum atomic E-state index is 14.4. The molecule has 0 aliphatic rings. The minimum absolute atomic E-state index is 0.283. The average Bonchev–Trinajstić information content (AvgIpc) is 3.07. The van der Waals surface area contributed by atoms with E-state index < -0.39 is 5.82 Å². The van der Waals surface area contributed by atoms with Gasteiger partial charge in [0.1, 0.15) is 17.2 Å². The summed E-state index contributed by atoms with van der Waals surface area (Å²) in [7, 11) is 0. The Hall–Kier alpha value is -2.15. The van der Waals surface area contributed by atoms with Gasteiger partial charge < -0.3 is 0 Å². The molecule has 2 heterocycles. The molecule has 2 aromatic carbocycles. The molecular weight excluding hydrogens is 382 g/mol. The van der Waals surface area contributed by atoms with Gasteiger partial charge >= 0.3 is 0 Å². The summed E-state index contributed by atoms with van der Waals surface area (Å²) in [5.74, 6) is -0.000559. The lowest BCUT2D eigenvalue weighted by Gasteiger charge is -2.12. The second-order valence-electron chi connectivity index (χ2n) is 5.10. The number of hydrogen-bond acceptors (Lipinski definition) is 4. The van der Waals surface area contributed by atoms with Gasteiger partial charge in [0.05, 0.1) is 5.02 Å². The number of halogens is 3. The zero-order valence-corrected chi connectivity index (χ0v) is 14.9. The number of aromatic nitrogens is 4. The molecule has 0 aliphatic heterocycles. The van der Waals surface area contributed by atoms with Gasteiger partial charge in [0.2, 0.25) is 0 Å². The minimum atomic E-state index is -0.424. The standard InChI is InChI=1S/C17H9Cl2FN4S/c18-10-4-6-11(7-5-10)25-16-12(8-21-17-22-9-23-24(16)17)15-13(19)2-1-3-14(15)20/h1-9H. The predicted molar refractivity (Wildman–Crippen MR) is 96.8 cm³/mol. The highest BCUT2D eigenvalue weighted by Gasteiger charge is 2.19. The van der Waals surface area contributed by atoms with Crippen molar-refractivity contribution in [2.45, 2.75) is 9.92 Å². The van der Waals surface area contributed by atoms with Crippen molar-refractivity contribution in [3.63, 3.8) is 0 Å². The second kappa shape index (κ2) is 6.63. The minimum Gasteiger partial charge on any atom is -0.219 e. The molecule has 0 radical (unpaired) electrons. The largest absolute Gasteiger partial charge is 0.253 e. The Bertz CT molecular complexity index is 1050. The molecule has 124 valence electrons. The fourth-order valence-corrected chi connectivity index (χ4v) is 3.76. The topological polar surface area (TPSA) is 43.1 Å². The first-order chi connectivity index (χ1) is 12.1. The molecule has 0 N–H and O–H groups in total. The van der Waals surface area contributed by atoms with Crippen LogP contribution in [0.25, 0.3) is 16.9 Å². The molecular formula is C17H9Cl2FN4S. The van der Waals surface area contributed by atoms with Crippen LogP contribution in [0.2, 0.25) is 10.0 Å². The van der Waals surface area contributed by atoms with E-state index >= 15 is 0 Å². The van der Waals surface area contributed by atoms with Crippen molar-refractivity contribution < 1.29 is 4.39 Å². The maximum absolute atomic E-state index is 14.4. The first kappa shape index (κ1) is 16.3. The van der Waals surface area contributed by atoms with E-state index in [0.29, 0.717) is 26.4 Å². The summed E-state index contributed by atoms with van der Waals surface area (Å²) < 4.78 is 16.0. The van der Waals surface area contributed by atoms with Gasteiger partial charge in [-0.25, -0.2) is 9.37 Å². The fraction of sp³-hybridized carbons (Fsp3) is 0. The summed E-state index contributed by atoms with van der Waals surface area (Å²) >= 11 is 13.6. The van der Waals surface area contributed by atoms with Crippen LogP contribution < -0.4 is 0 Å². The molecule has 0 amide bonds. The number of benzene rings is 2. The monoisotopic (exact) mass is 390 g/mol. The van der Waals surface area contributed by atoms with E-state index in [1.165, 1.54) is 24.2 Å². The zero-order valence-electron chi connectivity index (χ0n) is 12.5. The predicted octanol–water partition coefficient (Wildman–Crippen LogP) is 5.39. The van der Waals surface area contributed by atoms with Gasteiger partial charge in [-0.05, 0) is 36.4 Å². The first-order valence-corrected chi connectivity index (χ1v) is 8.77. The van der Waals surface area contributed by atoms with Crippen molar-refractivity contribution in [3.05, 3.63) is 70.9 Å². The van der Waals surface area contributed by atoms with Crippen molar-refractivity contribution in [2.75, 3.05) is 0 Å². The van der Waals surface area contributed by atoms with E-state index in [9.17, 15) is 4.39 Å². The van der Waals surface area contributed by atoms with Crippen LogP contribution in [0.4, 0.5) is 4.39 Å². The van der Waals surface area contributed by atoms with Crippen LogP contribution >= 0.6 is 35.0 Å². The summed E-state index contributed by atoms with van der Waals surface area (Å²) in [6, 6.07) is 11.9. The van der Waals surface area contributed by atoms with Gasteiger partial charge in [-0.15, -0.1) is 0 Å². The summed E-state index contributed by atoms with van der Waals surface area (Å²) in [5.41, 5.74) is 0.826. The smallest absolute Gasteiger partial charge is 0.219 e. The Balaban J connectivity index is 1.94. The zero-order chi connectivity index (χ0) is 17.4. The highest BCUT2D eigenvalue weighted by Crippen LogP contribution is 2.39. The summed E-state index contributed by atoms with van der Waals surface area (Å²) in [5, 5.41) is 5.82. The third-order valence-corrected chi connectivity index (χ3v) is 5.18. The molecule has 0 unspecified atom stereocenters. The molecule has 0 fully saturated rings. The second-order valence-corrected chi connectivity index (χ2v) is 7.01. The van der Waals surface area contributed by atoms with Gasteiger partial charge in [-0.3, -0.25) is 0 Å². The van der Waals surface area contributed by atoms with Gasteiger partial charge in [0.15, 0.2) is 0 Å². The number of fused-ring (bicyclic) bond motifs is 1. The van der Waals surface area contributed by atoms with E-state index in [2.05, 4.69) is 15.1 Å². The molecule has 25 heavy (non-hydrogen) atoms. The number of hydrogen-bond donors (Lipinski definition) is 0. The van der Waals surface area contributed by atoms with Crippen LogP contribution in [0.15, 0.2) is 64.9 Å². The lowest BCUT2D eigenvalue weighted by atomic mass is 10.1. The SMILES string of the molecule is Fc1cccc(Cl)c1-c1cnc2ncnn2c1Sc1ccc(Cl)cc1. The van der Waals surface area contributed by atoms with Gasteiger partial charge in [0, 0.05) is 27.2 Å². The fourth-order valence-electron chi connectivity index (χ4n) is 2.40. The lowest BCUT2D eigenvalue weighted by Crippen LogP contribution is -2.00. The highest BCUT2D eigenvalue weighted by molar-refractivity contribution is 7.99. The Morgan fingerprint density at radius 1 is 1.00 bits per heavy atom. The van der Waals surface area contributed by atoms with Crippen molar-refractivity contribution >= 4 is 40.7 Å². The lowest BCUT2D eigenvalue weighted by molar-refractivity contribution is 0.630. The van der Waals surface area contributed by atoms with E-state index in [1.54, 1.807) is 35.0 Å².